The second-order valence-corrected chi connectivity index (χ2v) is 7.01. The summed E-state index contributed by atoms with van der Waals surface area (Å²) in [5.74, 6) is 1.21. The van der Waals surface area contributed by atoms with Crippen molar-refractivity contribution in [1.82, 2.24) is 30.2 Å². The zero-order valence-corrected chi connectivity index (χ0v) is 16.2. The first kappa shape index (κ1) is 18.0. The summed E-state index contributed by atoms with van der Waals surface area (Å²) in [6.45, 7) is 0. The highest BCUT2D eigenvalue weighted by molar-refractivity contribution is 6.03. The number of benzene rings is 2. The molecule has 1 amide bonds. The number of ether oxygens (including phenoxy) is 1. The second-order valence-electron chi connectivity index (χ2n) is 7.01. The van der Waals surface area contributed by atoms with Crippen molar-refractivity contribution in [3.63, 3.8) is 0 Å². The topological polar surface area (TPSA) is 111 Å². The van der Waals surface area contributed by atoms with Gasteiger partial charge < -0.3 is 4.74 Å². The monoisotopic (exact) mass is 401 g/mol. The van der Waals surface area contributed by atoms with E-state index in [0.29, 0.717) is 17.3 Å². The highest BCUT2D eigenvalue weighted by Crippen LogP contribution is 2.42. The smallest absolute Gasteiger partial charge is 0.280 e. The van der Waals surface area contributed by atoms with Crippen LogP contribution in [0.3, 0.4) is 0 Å². The highest BCUT2D eigenvalue weighted by atomic mass is 16.5. The van der Waals surface area contributed by atoms with Gasteiger partial charge in [-0.2, -0.15) is 4.98 Å². The number of aromatic amines is 1. The molecule has 2 heterocycles. The maximum absolute atomic E-state index is 12.9. The number of amides is 1. The third-order valence-electron chi connectivity index (χ3n) is 4.96. The molecule has 1 fully saturated rings. The number of carbonyl (C=O) groups is 1. The summed E-state index contributed by atoms with van der Waals surface area (Å²) in [7, 11) is 1.59. The molecule has 2 N–H and O–H groups in total. The van der Waals surface area contributed by atoms with Gasteiger partial charge in [-0.3, -0.25) is 15.2 Å². The van der Waals surface area contributed by atoms with Crippen molar-refractivity contribution >= 4 is 11.9 Å². The third-order valence-corrected chi connectivity index (χ3v) is 4.96. The average molecular weight is 401 g/mol. The summed E-state index contributed by atoms with van der Waals surface area (Å²) in [6, 6.07) is 17.1. The third kappa shape index (κ3) is 3.30. The van der Waals surface area contributed by atoms with Gasteiger partial charge in [0.25, 0.3) is 5.91 Å². The first-order valence-corrected chi connectivity index (χ1v) is 9.62. The molecule has 0 aliphatic heterocycles. The van der Waals surface area contributed by atoms with E-state index in [0.717, 1.165) is 29.8 Å². The summed E-state index contributed by atoms with van der Waals surface area (Å²) < 4.78 is 7.10. The number of hydrogen-bond donors (Lipinski definition) is 2. The molecule has 0 atom stereocenters. The Bertz CT molecular complexity index is 1200. The van der Waals surface area contributed by atoms with Crippen molar-refractivity contribution in [2.45, 2.75) is 18.8 Å². The van der Waals surface area contributed by atoms with Gasteiger partial charge in [0.05, 0.1) is 24.1 Å². The molecule has 0 spiro atoms. The van der Waals surface area contributed by atoms with Crippen LogP contribution < -0.4 is 10.1 Å². The minimum atomic E-state index is -0.385. The maximum Gasteiger partial charge on any atom is 0.280 e. The molecule has 2 aromatic heterocycles. The van der Waals surface area contributed by atoms with E-state index in [1.54, 1.807) is 11.8 Å². The number of nitrogens with zero attached hydrogens (tertiary/aromatic N) is 5. The largest absolute Gasteiger partial charge is 0.496 e. The van der Waals surface area contributed by atoms with E-state index in [9.17, 15) is 4.79 Å². The Morgan fingerprint density at radius 1 is 1.13 bits per heavy atom. The van der Waals surface area contributed by atoms with Crippen molar-refractivity contribution in [2.75, 3.05) is 12.4 Å². The number of methoxy groups -OCH3 is 1. The van der Waals surface area contributed by atoms with E-state index in [2.05, 4.69) is 30.8 Å². The van der Waals surface area contributed by atoms with Gasteiger partial charge in [0.1, 0.15) is 5.75 Å². The predicted octanol–water partition coefficient (Wildman–Crippen LogP) is 3.19. The molecule has 2 aromatic carbocycles. The number of nitrogens with one attached hydrogen (secondary N) is 2. The van der Waals surface area contributed by atoms with Crippen molar-refractivity contribution in [1.29, 1.82) is 0 Å². The van der Waals surface area contributed by atoms with Crippen molar-refractivity contribution in [3.8, 4) is 22.8 Å². The Balaban J connectivity index is 1.42. The first-order chi connectivity index (χ1) is 14.7. The van der Waals surface area contributed by atoms with Crippen LogP contribution in [0.4, 0.5) is 5.95 Å². The molecule has 0 radical (unpaired) electrons. The molecule has 0 unspecified atom stereocenters. The fourth-order valence-electron chi connectivity index (χ4n) is 3.37. The van der Waals surface area contributed by atoms with Gasteiger partial charge in [0.2, 0.25) is 5.95 Å². The molecule has 1 aliphatic carbocycles. The zero-order chi connectivity index (χ0) is 20.5. The van der Waals surface area contributed by atoms with Crippen LogP contribution >= 0.6 is 0 Å². The number of para-hydroxylation sites is 2. The molecule has 0 bridgehead atoms. The maximum atomic E-state index is 12.9. The molecule has 0 saturated heterocycles. The quantitative estimate of drug-likeness (QED) is 0.513. The minimum absolute atomic E-state index is 0.164. The van der Waals surface area contributed by atoms with Crippen LogP contribution in [-0.2, 0) is 0 Å². The Morgan fingerprint density at radius 2 is 1.90 bits per heavy atom. The van der Waals surface area contributed by atoms with E-state index in [4.69, 9.17) is 4.74 Å². The van der Waals surface area contributed by atoms with Crippen LogP contribution in [0.15, 0.2) is 54.6 Å². The molecule has 9 nitrogen and oxygen atoms in total. The van der Waals surface area contributed by atoms with Gasteiger partial charge in [-0.05, 0) is 37.1 Å². The number of hydrogen-bond acceptors (Lipinski definition) is 6. The zero-order valence-electron chi connectivity index (χ0n) is 16.2. The van der Waals surface area contributed by atoms with Crippen molar-refractivity contribution < 1.29 is 9.53 Å². The summed E-state index contributed by atoms with van der Waals surface area (Å²) >= 11 is 0. The molecule has 9 heteroatoms. The Labute approximate surface area is 172 Å². The molecular formula is C21H19N7O2. The molecule has 4 aromatic rings. The lowest BCUT2D eigenvalue weighted by Gasteiger charge is -2.06. The van der Waals surface area contributed by atoms with Crippen molar-refractivity contribution in [3.05, 3.63) is 66.0 Å². The Morgan fingerprint density at radius 3 is 2.67 bits per heavy atom. The summed E-state index contributed by atoms with van der Waals surface area (Å²) in [5.41, 5.74) is 2.74. The van der Waals surface area contributed by atoms with Crippen molar-refractivity contribution in [2.24, 2.45) is 0 Å². The minimum Gasteiger partial charge on any atom is -0.496 e. The van der Waals surface area contributed by atoms with Gasteiger partial charge in [-0.15, -0.1) is 10.2 Å². The van der Waals surface area contributed by atoms with E-state index >= 15 is 0 Å². The molecule has 1 saturated carbocycles. The highest BCUT2D eigenvalue weighted by Gasteiger charge is 2.34. The average Bonchev–Trinajstić information content (AvgIpc) is 3.35. The Kier molecular flexibility index (Phi) is 4.47. The van der Waals surface area contributed by atoms with Crippen LogP contribution in [0, 0.1) is 0 Å². The molecule has 5 rings (SSSR count). The fraction of sp³-hybridized carbons (Fsp3) is 0.190. The lowest BCUT2D eigenvalue weighted by atomic mass is 10.2. The standard InChI is InChI=1S/C21H19N7O2/c1-30-16-10-6-5-9-15(16)19-22-21(26-25-19)23-20(29)17-18(13-11-12-13)28(27-24-17)14-7-3-2-4-8-14/h2-10,13H,11-12H2,1H3,(H2,22,23,25,26,29). The molecular weight excluding hydrogens is 382 g/mol. The lowest BCUT2D eigenvalue weighted by Crippen LogP contribution is -2.16. The molecule has 150 valence electrons. The lowest BCUT2D eigenvalue weighted by molar-refractivity contribution is 0.102. The van der Waals surface area contributed by atoms with Gasteiger partial charge in [0.15, 0.2) is 11.5 Å². The summed E-state index contributed by atoms with van der Waals surface area (Å²) in [5, 5.41) is 18.1. The number of carbonyl (C=O) groups excluding carboxylic acids is 1. The van der Waals surface area contributed by atoms with Crippen LogP contribution in [0.5, 0.6) is 5.75 Å². The number of rotatable bonds is 6. The first-order valence-electron chi connectivity index (χ1n) is 9.62. The normalized spacial score (nSPS) is 13.2. The van der Waals surface area contributed by atoms with E-state index in [1.807, 2.05) is 54.6 Å². The Hall–Kier alpha value is -4.01. The van der Waals surface area contributed by atoms with Gasteiger partial charge in [0, 0.05) is 5.92 Å². The predicted molar refractivity (Wildman–Crippen MR) is 110 cm³/mol. The van der Waals surface area contributed by atoms with E-state index in [1.165, 1.54) is 0 Å². The van der Waals surface area contributed by atoms with Crippen LogP contribution in [0.2, 0.25) is 0 Å². The SMILES string of the molecule is COc1ccccc1-c1nc(NC(=O)c2nnn(-c3ccccc3)c2C2CC2)n[nH]1. The van der Waals surface area contributed by atoms with Crippen LogP contribution in [-0.4, -0.2) is 43.2 Å². The summed E-state index contributed by atoms with van der Waals surface area (Å²) in [6.07, 6.45) is 2.03. The van der Waals surface area contributed by atoms with E-state index in [-0.39, 0.29) is 17.8 Å². The van der Waals surface area contributed by atoms with E-state index < -0.39 is 0 Å². The summed E-state index contributed by atoms with van der Waals surface area (Å²) in [4.78, 5) is 17.3. The van der Waals surface area contributed by atoms with Crippen LogP contribution in [0.25, 0.3) is 17.1 Å². The van der Waals surface area contributed by atoms with Crippen LogP contribution in [0.1, 0.15) is 34.9 Å². The van der Waals surface area contributed by atoms with Gasteiger partial charge >= 0.3 is 0 Å². The number of aromatic nitrogens is 6. The fourth-order valence-corrected chi connectivity index (χ4v) is 3.37. The number of anilines is 1. The molecule has 1 aliphatic rings. The number of H-pyrrole nitrogens is 1. The molecule has 30 heavy (non-hydrogen) atoms. The van der Waals surface area contributed by atoms with Gasteiger partial charge in [-0.1, -0.05) is 35.5 Å². The van der Waals surface area contributed by atoms with Gasteiger partial charge in [-0.25, -0.2) is 4.68 Å². The second kappa shape index (κ2) is 7.43.